The van der Waals surface area contributed by atoms with Gasteiger partial charge in [-0.05, 0) is 6.92 Å². The maximum absolute atomic E-state index is 9.43. The molecule has 0 aromatic carbocycles. The molecule has 0 aromatic heterocycles. The summed E-state index contributed by atoms with van der Waals surface area (Å²) in [4.78, 5) is 0. The minimum Gasteiger partial charge on any atom is -0.394 e. The van der Waals surface area contributed by atoms with E-state index in [9.17, 15) is 15.3 Å². The Hall–Kier alpha value is -0.240. The van der Waals surface area contributed by atoms with Crippen molar-refractivity contribution in [1.82, 2.24) is 0 Å². The average molecular weight is 208 g/mol. The van der Waals surface area contributed by atoms with Gasteiger partial charge in [0.15, 0.2) is 6.29 Å². The van der Waals surface area contributed by atoms with E-state index in [0.717, 1.165) is 0 Å². The maximum Gasteiger partial charge on any atom is 0.186 e. The zero-order valence-corrected chi connectivity index (χ0v) is 7.91. The SMILES string of the molecule is CCO[C@@H]1O[C@@H]([C@H](O)CO)[C@H](O)[C@H]1O. The highest BCUT2D eigenvalue weighted by atomic mass is 16.7. The third-order valence-electron chi connectivity index (χ3n) is 2.15. The first-order valence-electron chi connectivity index (χ1n) is 4.54. The molecule has 14 heavy (non-hydrogen) atoms. The van der Waals surface area contributed by atoms with Gasteiger partial charge in [0, 0.05) is 6.61 Å². The molecule has 1 saturated heterocycles. The molecule has 5 atom stereocenters. The molecular weight excluding hydrogens is 192 g/mol. The molecule has 4 N–H and O–H groups in total. The van der Waals surface area contributed by atoms with E-state index >= 15 is 0 Å². The van der Waals surface area contributed by atoms with Crippen LogP contribution in [-0.4, -0.2) is 64.3 Å². The molecule has 0 radical (unpaired) electrons. The van der Waals surface area contributed by atoms with Crippen molar-refractivity contribution in [2.24, 2.45) is 0 Å². The topological polar surface area (TPSA) is 99.4 Å². The summed E-state index contributed by atoms with van der Waals surface area (Å²) in [5.41, 5.74) is 0. The van der Waals surface area contributed by atoms with Crippen molar-refractivity contribution in [3.05, 3.63) is 0 Å². The monoisotopic (exact) mass is 208 g/mol. The molecule has 6 heteroatoms. The molecule has 0 saturated carbocycles. The Balaban J connectivity index is 2.57. The quantitative estimate of drug-likeness (QED) is 0.419. The number of hydrogen-bond donors (Lipinski definition) is 4. The number of hydrogen-bond acceptors (Lipinski definition) is 6. The van der Waals surface area contributed by atoms with E-state index in [4.69, 9.17) is 14.6 Å². The summed E-state index contributed by atoms with van der Waals surface area (Å²) in [5.74, 6) is 0. The van der Waals surface area contributed by atoms with Crippen LogP contribution in [0.5, 0.6) is 0 Å². The van der Waals surface area contributed by atoms with Crippen LogP contribution in [-0.2, 0) is 9.47 Å². The Bertz CT molecular complexity index is 173. The van der Waals surface area contributed by atoms with Crippen LogP contribution in [0.2, 0.25) is 0 Å². The van der Waals surface area contributed by atoms with E-state index in [2.05, 4.69) is 0 Å². The number of aliphatic hydroxyl groups excluding tert-OH is 4. The molecule has 0 aromatic rings. The van der Waals surface area contributed by atoms with Gasteiger partial charge in [-0.2, -0.15) is 0 Å². The van der Waals surface area contributed by atoms with Crippen LogP contribution in [0.25, 0.3) is 0 Å². The number of aliphatic hydroxyl groups is 4. The maximum atomic E-state index is 9.43. The Kier molecular flexibility index (Phi) is 4.24. The summed E-state index contributed by atoms with van der Waals surface area (Å²) in [6, 6.07) is 0. The molecule has 84 valence electrons. The van der Waals surface area contributed by atoms with Crippen LogP contribution in [0, 0.1) is 0 Å². The van der Waals surface area contributed by atoms with Crippen molar-refractivity contribution >= 4 is 0 Å². The molecule has 1 aliphatic heterocycles. The van der Waals surface area contributed by atoms with Gasteiger partial charge in [0.2, 0.25) is 0 Å². The second-order valence-corrected chi connectivity index (χ2v) is 3.16. The summed E-state index contributed by atoms with van der Waals surface area (Å²) in [7, 11) is 0. The third kappa shape index (κ3) is 2.22. The van der Waals surface area contributed by atoms with Gasteiger partial charge in [-0.25, -0.2) is 0 Å². The van der Waals surface area contributed by atoms with Crippen molar-refractivity contribution in [2.45, 2.75) is 37.6 Å². The zero-order valence-electron chi connectivity index (χ0n) is 7.91. The third-order valence-corrected chi connectivity index (χ3v) is 2.15. The number of rotatable bonds is 4. The van der Waals surface area contributed by atoms with Gasteiger partial charge >= 0.3 is 0 Å². The van der Waals surface area contributed by atoms with Crippen LogP contribution >= 0.6 is 0 Å². The molecule has 0 bridgehead atoms. The fourth-order valence-corrected chi connectivity index (χ4v) is 1.40. The first kappa shape index (κ1) is 11.8. The lowest BCUT2D eigenvalue weighted by molar-refractivity contribution is -0.178. The van der Waals surface area contributed by atoms with Crippen LogP contribution in [0.1, 0.15) is 6.92 Å². The zero-order chi connectivity index (χ0) is 10.7. The highest BCUT2D eigenvalue weighted by molar-refractivity contribution is 4.90. The standard InChI is InChI=1S/C8H16O6/c1-2-13-8-6(12)5(11)7(14-8)4(10)3-9/h4-12H,2-3H2,1H3/t4-,5-,6-,7+,8-/m1/s1. The molecule has 0 spiro atoms. The van der Waals surface area contributed by atoms with Gasteiger partial charge < -0.3 is 29.9 Å². The predicted molar refractivity (Wildman–Crippen MR) is 45.4 cm³/mol. The molecule has 1 fully saturated rings. The lowest BCUT2D eigenvalue weighted by Gasteiger charge is -2.18. The van der Waals surface area contributed by atoms with Crippen molar-refractivity contribution in [3.8, 4) is 0 Å². The Labute approximate surface area is 81.7 Å². The van der Waals surface area contributed by atoms with Gasteiger partial charge in [0.05, 0.1) is 6.61 Å². The van der Waals surface area contributed by atoms with Crippen LogP contribution in [0.4, 0.5) is 0 Å². The van der Waals surface area contributed by atoms with E-state index in [1.807, 2.05) is 0 Å². The molecule has 6 nitrogen and oxygen atoms in total. The molecular formula is C8H16O6. The fraction of sp³-hybridized carbons (Fsp3) is 1.00. The first-order chi connectivity index (χ1) is 6.61. The second-order valence-electron chi connectivity index (χ2n) is 3.16. The molecule has 1 rings (SSSR count). The summed E-state index contributed by atoms with van der Waals surface area (Å²) in [6.45, 7) is 1.52. The van der Waals surface area contributed by atoms with E-state index in [0.29, 0.717) is 6.61 Å². The van der Waals surface area contributed by atoms with Crippen molar-refractivity contribution in [2.75, 3.05) is 13.2 Å². The highest BCUT2D eigenvalue weighted by Gasteiger charge is 2.46. The largest absolute Gasteiger partial charge is 0.394 e. The molecule has 0 unspecified atom stereocenters. The summed E-state index contributed by atoms with van der Waals surface area (Å²) >= 11 is 0. The lowest BCUT2D eigenvalue weighted by Crippen LogP contribution is -2.40. The highest BCUT2D eigenvalue weighted by Crippen LogP contribution is 2.24. The Morgan fingerprint density at radius 3 is 2.50 bits per heavy atom. The molecule has 1 heterocycles. The molecule has 0 amide bonds. The lowest BCUT2D eigenvalue weighted by atomic mass is 10.1. The normalized spacial score (nSPS) is 40.1. The summed E-state index contributed by atoms with van der Waals surface area (Å²) in [6.07, 6.45) is -5.60. The van der Waals surface area contributed by atoms with Crippen LogP contribution in [0.15, 0.2) is 0 Å². The van der Waals surface area contributed by atoms with E-state index in [-0.39, 0.29) is 0 Å². The minimum absolute atomic E-state index is 0.330. The van der Waals surface area contributed by atoms with Crippen molar-refractivity contribution < 1.29 is 29.9 Å². The second kappa shape index (κ2) is 5.01. The van der Waals surface area contributed by atoms with E-state index in [1.165, 1.54) is 0 Å². The number of ether oxygens (including phenoxy) is 2. The summed E-state index contributed by atoms with van der Waals surface area (Å²) in [5, 5.41) is 36.7. The van der Waals surface area contributed by atoms with E-state index in [1.54, 1.807) is 6.92 Å². The Morgan fingerprint density at radius 1 is 1.36 bits per heavy atom. The van der Waals surface area contributed by atoms with Gasteiger partial charge in [0.1, 0.15) is 24.4 Å². The van der Waals surface area contributed by atoms with Crippen molar-refractivity contribution in [3.63, 3.8) is 0 Å². The van der Waals surface area contributed by atoms with Gasteiger partial charge in [0.25, 0.3) is 0 Å². The van der Waals surface area contributed by atoms with Crippen LogP contribution < -0.4 is 0 Å². The Morgan fingerprint density at radius 2 is 2.00 bits per heavy atom. The molecule has 0 aliphatic carbocycles. The summed E-state index contributed by atoms with van der Waals surface area (Å²) < 4.78 is 10.0. The van der Waals surface area contributed by atoms with Crippen LogP contribution in [0.3, 0.4) is 0 Å². The van der Waals surface area contributed by atoms with Gasteiger partial charge in [-0.1, -0.05) is 0 Å². The first-order valence-corrected chi connectivity index (χ1v) is 4.54. The fourth-order valence-electron chi connectivity index (χ4n) is 1.40. The van der Waals surface area contributed by atoms with E-state index < -0.39 is 37.3 Å². The van der Waals surface area contributed by atoms with Gasteiger partial charge in [-0.15, -0.1) is 0 Å². The van der Waals surface area contributed by atoms with Gasteiger partial charge in [-0.3, -0.25) is 0 Å². The predicted octanol–water partition coefficient (Wildman–Crippen LogP) is -2.18. The minimum atomic E-state index is -1.24. The van der Waals surface area contributed by atoms with Crippen molar-refractivity contribution in [1.29, 1.82) is 0 Å². The molecule has 1 aliphatic rings. The smallest absolute Gasteiger partial charge is 0.186 e. The average Bonchev–Trinajstić information content (AvgIpc) is 2.46.